The largest absolute Gasteiger partial charge is 0.420 e. The van der Waals surface area contributed by atoms with Gasteiger partial charge in [-0.1, -0.05) is 103 Å². The highest BCUT2D eigenvalue weighted by Gasteiger charge is 2.20. The number of rotatable bonds is 3. The van der Waals surface area contributed by atoms with E-state index >= 15 is 0 Å². The summed E-state index contributed by atoms with van der Waals surface area (Å²) in [5.41, 5.74) is 8.95. The van der Waals surface area contributed by atoms with Crippen LogP contribution in [0.2, 0.25) is 0 Å². The highest BCUT2D eigenvalue weighted by atomic mass is 16.4. The molecule has 0 radical (unpaired) electrons. The van der Waals surface area contributed by atoms with E-state index in [2.05, 4.69) is 124 Å². The monoisotopic (exact) mass is 602 g/mol. The van der Waals surface area contributed by atoms with Crippen molar-refractivity contribution in [2.24, 2.45) is 0 Å². The molecule has 10 rings (SSSR count). The van der Waals surface area contributed by atoms with Crippen molar-refractivity contribution in [1.29, 1.82) is 0 Å². The molecule has 4 nitrogen and oxygen atoms in total. The van der Waals surface area contributed by atoms with Crippen molar-refractivity contribution in [3.63, 3.8) is 0 Å². The van der Waals surface area contributed by atoms with Crippen molar-refractivity contribution < 1.29 is 4.42 Å². The van der Waals surface area contributed by atoms with Crippen LogP contribution in [-0.2, 0) is 0 Å². The van der Waals surface area contributed by atoms with Gasteiger partial charge < -0.3 is 13.6 Å². The van der Waals surface area contributed by atoms with E-state index in [0.717, 1.165) is 55.1 Å². The second-order valence-corrected chi connectivity index (χ2v) is 12.1. The molecule has 0 bridgehead atoms. The van der Waals surface area contributed by atoms with Gasteiger partial charge in [0.05, 0.1) is 27.5 Å². The molecule has 0 aliphatic carbocycles. The molecular weight excluding hydrogens is 576 g/mol. The van der Waals surface area contributed by atoms with Gasteiger partial charge in [-0.25, -0.2) is 4.79 Å². The molecule has 47 heavy (non-hydrogen) atoms. The number of hydrogen-bond acceptors (Lipinski definition) is 2. The Bertz CT molecular complexity index is 2910. The Morgan fingerprint density at radius 3 is 1.57 bits per heavy atom. The summed E-state index contributed by atoms with van der Waals surface area (Å²) >= 11 is 0. The summed E-state index contributed by atoms with van der Waals surface area (Å²) in [4.78, 5) is 13.3. The molecule has 0 spiro atoms. The molecule has 0 amide bonds. The van der Waals surface area contributed by atoms with Gasteiger partial charge in [0.25, 0.3) is 0 Å². The lowest BCUT2D eigenvalue weighted by Crippen LogP contribution is -2.01. The van der Waals surface area contributed by atoms with Crippen LogP contribution >= 0.6 is 0 Å². The third kappa shape index (κ3) is 3.73. The van der Waals surface area contributed by atoms with E-state index in [1.54, 1.807) is 0 Å². The van der Waals surface area contributed by atoms with Crippen molar-refractivity contribution in [3.8, 4) is 22.5 Å². The van der Waals surface area contributed by atoms with E-state index < -0.39 is 0 Å². The summed E-state index contributed by atoms with van der Waals surface area (Å²) in [5, 5.41) is 7.01. The molecule has 7 aromatic carbocycles. The summed E-state index contributed by atoms with van der Waals surface area (Å²) in [7, 11) is 0. The lowest BCUT2D eigenvalue weighted by molar-refractivity contribution is 0.572. The van der Waals surface area contributed by atoms with Crippen LogP contribution in [0.4, 0.5) is 0 Å². The second-order valence-electron chi connectivity index (χ2n) is 12.1. The molecule has 0 aliphatic heterocycles. The number of fused-ring (bicyclic) bond motifs is 10. The van der Waals surface area contributed by atoms with Gasteiger partial charge in [0.15, 0.2) is 5.58 Å². The Kier molecular flexibility index (Phi) is 5.40. The normalized spacial score (nSPS) is 11.9. The molecule has 0 aliphatic rings. The number of para-hydroxylation sites is 3. The zero-order valence-electron chi connectivity index (χ0n) is 25.2. The maximum absolute atomic E-state index is 13.3. The van der Waals surface area contributed by atoms with Crippen LogP contribution in [0.3, 0.4) is 0 Å². The predicted molar refractivity (Wildman–Crippen MR) is 194 cm³/mol. The topological polar surface area (TPSA) is 40.1 Å². The third-order valence-electron chi connectivity index (χ3n) is 9.55. The summed E-state index contributed by atoms with van der Waals surface area (Å²) in [6, 6.07) is 54.9. The number of nitrogens with zero attached hydrogens (tertiary/aromatic N) is 2. The third-order valence-corrected chi connectivity index (χ3v) is 9.55. The quantitative estimate of drug-likeness (QED) is 0.149. The first-order valence-electron chi connectivity index (χ1n) is 15.8. The number of benzene rings is 7. The van der Waals surface area contributed by atoms with Crippen molar-refractivity contribution >= 4 is 65.4 Å². The van der Waals surface area contributed by atoms with Gasteiger partial charge in [-0.3, -0.25) is 0 Å². The van der Waals surface area contributed by atoms with Crippen LogP contribution in [-0.4, -0.2) is 9.13 Å². The summed E-state index contributed by atoms with van der Waals surface area (Å²) in [6.45, 7) is 0. The van der Waals surface area contributed by atoms with E-state index in [9.17, 15) is 4.79 Å². The van der Waals surface area contributed by atoms with Crippen molar-refractivity contribution in [2.75, 3.05) is 0 Å². The summed E-state index contributed by atoms with van der Waals surface area (Å²) in [5.74, 6) is 0. The SMILES string of the molecule is O=c1oc2c(ccc3c4ccc(-c5ccc6c7ccccc7n(-c7ccccc7)c6c5)cc4n(-c4ccccc4)c32)c2ccccc12. The molecule has 3 aromatic heterocycles. The average Bonchev–Trinajstić information content (AvgIpc) is 3.65. The minimum Gasteiger partial charge on any atom is -0.420 e. The van der Waals surface area contributed by atoms with Crippen LogP contribution in [0.5, 0.6) is 0 Å². The van der Waals surface area contributed by atoms with E-state index in [0.29, 0.717) is 11.0 Å². The standard InChI is InChI=1S/C43H26N2O2/c46-43-37-17-8-7-15-31(37)36-24-23-35-34-22-20-28(26-40(34)45(41(35)42(36)47-43)30-13-5-2-6-14-30)27-19-21-33-32-16-9-10-18-38(32)44(39(33)25-27)29-11-3-1-4-12-29/h1-26H. The first-order chi connectivity index (χ1) is 23.2. The molecule has 3 heterocycles. The minimum absolute atomic E-state index is 0.326. The van der Waals surface area contributed by atoms with Crippen LogP contribution in [0, 0.1) is 0 Å². The van der Waals surface area contributed by atoms with E-state index in [1.807, 2.05) is 42.5 Å². The molecule has 10 aromatic rings. The van der Waals surface area contributed by atoms with Gasteiger partial charge in [-0.15, -0.1) is 0 Å². The Labute approximate surface area is 268 Å². The summed E-state index contributed by atoms with van der Waals surface area (Å²) < 4.78 is 10.7. The Morgan fingerprint density at radius 1 is 0.383 bits per heavy atom. The van der Waals surface area contributed by atoms with Crippen LogP contribution in [0.15, 0.2) is 167 Å². The predicted octanol–water partition coefficient (Wildman–Crippen LogP) is 10.8. The number of hydrogen-bond donors (Lipinski definition) is 0. The van der Waals surface area contributed by atoms with Gasteiger partial charge in [0, 0.05) is 38.3 Å². The van der Waals surface area contributed by atoms with Gasteiger partial charge in [0.2, 0.25) is 0 Å². The zero-order chi connectivity index (χ0) is 31.1. The highest BCUT2D eigenvalue weighted by Crippen LogP contribution is 2.40. The van der Waals surface area contributed by atoms with Crippen molar-refractivity contribution in [2.45, 2.75) is 0 Å². The van der Waals surface area contributed by atoms with Crippen molar-refractivity contribution in [3.05, 3.63) is 168 Å². The van der Waals surface area contributed by atoms with Crippen LogP contribution in [0.25, 0.3) is 87.9 Å². The average molecular weight is 603 g/mol. The fourth-order valence-electron chi connectivity index (χ4n) is 7.46. The zero-order valence-corrected chi connectivity index (χ0v) is 25.2. The maximum Gasteiger partial charge on any atom is 0.344 e. The lowest BCUT2D eigenvalue weighted by atomic mass is 10.0. The fraction of sp³-hybridized carbons (Fsp3) is 0. The molecule has 4 heteroatoms. The lowest BCUT2D eigenvalue weighted by Gasteiger charge is -2.11. The molecule has 0 fully saturated rings. The fourth-order valence-corrected chi connectivity index (χ4v) is 7.46. The van der Waals surface area contributed by atoms with Gasteiger partial charge >= 0.3 is 5.63 Å². The molecule has 0 atom stereocenters. The number of aromatic nitrogens is 2. The van der Waals surface area contributed by atoms with E-state index in [4.69, 9.17) is 4.42 Å². The van der Waals surface area contributed by atoms with E-state index in [1.165, 1.54) is 21.8 Å². The molecular formula is C43H26N2O2. The highest BCUT2D eigenvalue weighted by molar-refractivity contribution is 6.21. The van der Waals surface area contributed by atoms with Crippen LogP contribution < -0.4 is 5.63 Å². The molecule has 0 saturated heterocycles. The van der Waals surface area contributed by atoms with Gasteiger partial charge in [-0.05, 0) is 71.1 Å². The summed E-state index contributed by atoms with van der Waals surface area (Å²) in [6.07, 6.45) is 0. The molecule has 0 unspecified atom stereocenters. The smallest absolute Gasteiger partial charge is 0.344 e. The molecule has 0 saturated carbocycles. The first-order valence-corrected chi connectivity index (χ1v) is 15.8. The Hall–Kier alpha value is -6.39. The minimum atomic E-state index is -0.326. The van der Waals surface area contributed by atoms with Gasteiger partial charge in [0.1, 0.15) is 0 Å². The first kappa shape index (κ1) is 25.9. The van der Waals surface area contributed by atoms with E-state index in [-0.39, 0.29) is 5.63 Å². The maximum atomic E-state index is 13.3. The van der Waals surface area contributed by atoms with Crippen LogP contribution in [0.1, 0.15) is 0 Å². The Balaban J connectivity index is 1.28. The molecule has 220 valence electrons. The molecule has 0 N–H and O–H groups in total. The van der Waals surface area contributed by atoms with Crippen molar-refractivity contribution in [1.82, 2.24) is 9.13 Å². The second kappa shape index (κ2) is 9.80. The van der Waals surface area contributed by atoms with Gasteiger partial charge in [-0.2, -0.15) is 0 Å². The Morgan fingerprint density at radius 2 is 0.872 bits per heavy atom.